The van der Waals surface area contributed by atoms with Crippen LogP contribution in [0.1, 0.15) is 10.5 Å². The number of hydrogen-bond acceptors (Lipinski definition) is 4. The minimum Gasteiger partial charge on any atom is -0.504 e. The van der Waals surface area contributed by atoms with Gasteiger partial charge in [0.25, 0.3) is 0 Å². The first kappa shape index (κ1) is 13.4. The van der Waals surface area contributed by atoms with Crippen LogP contribution in [0.25, 0.3) is 11.3 Å². The topological polar surface area (TPSA) is 84.6 Å². The highest BCUT2D eigenvalue weighted by Gasteiger charge is 2.20. The quantitative estimate of drug-likeness (QED) is 0.903. The van der Waals surface area contributed by atoms with Crippen molar-refractivity contribution in [3.05, 3.63) is 28.4 Å². The monoisotopic (exact) mass is 326 g/mol. The molecule has 1 heterocycles. The number of phenols is 1. The Morgan fingerprint density at radius 2 is 2.16 bits per heavy atom. The average Bonchev–Trinajstić information content (AvgIpc) is 2.74. The molecule has 7 heteroatoms. The zero-order valence-corrected chi connectivity index (χ0v) is 11.8. The second-order valence-corrected chi connectivity index (χ2v) is 4.67. The number of carbonyl (C=O) groups is 1. The molecular weight excluding hydrogens is 316 g/mol. The van der Waals surface area contributed by atoms with Crippen molar-refractivity contribution >= 4 is 21.9 Å². The largest absolute Gasteiger partial charge is 0.504 e. The lowest BCUT2D eigenvalue weighted by molar-refractivity contribution is 0.0689. The van der Waals surface area contributed by atoms with Crippen LogP contribution in [-0.2, 0) is 7.05 Å². The summed E-state index contributed by atoms with van der Waals surface area (Å²) >= 11 is 3.36. The second-order valence-electron chi connectivity index (χ2n) is 3.82. The summed E-state index contributed by atoms with van der Waals surface area (Å²) in [6.07, 6.45) is 0. The van der Waals surface area contributed by atoms with E-state index in [2.05, 4.69) is 21.0 Å². The van der Waals surface area contributed by atoms with Crippen molar-refractivity contribution in [3.63, 3.8) is 0 Å². The maximum atomic E-state index is 10.9. The Bertz CT molecular complexity index is 651. The van der Waals surface area contributed by atoms with Crippen LogP contribution in [-0.4, -0.2) is 33.1 Å². The highest BCUT2D eigenvalue weighted by atomic mass is 79.9. The Labute approximate surface area is 117 Å². The van der Waals surface area contributed by atoms with Crippen molar-refractivity contribution < 1.29 is 19.7 Å². The number of phenolic OH excluding ortho intramolecular Hbond substituents is 1. The molecule has 2 rings (SSSR count). The van der Waals surface area contributed by atoms with Gasteiger partial charge in [0.2, 0.25) is 0 Å². The number of benzene rings is 1. The number of aromatic hydroxyl groups is 1. The lowest BCUT2D eigenvalue weighted by Gasteiger charge is -2.12. The molecule has 0 fully saturated rings. The van der Waals surface area contributed by atoms with Crippen LogP contribution in [0.15, 0.2) is 22.7 Å². The van der Waals surface area contributed by atoms with Gasteiger partial charge in [-0.1, -0.05) is 0 Å². The van der Waals surface area contributed by atoms with E-state index >= 15 is 0 Å². The Morgan fingerprint density at radius 1 is 1.47 bits per heavy atom. The molecule has 0 radical (unpaired) electrons. The molecule has 100 valence electrons. The summed E-state index contributed by atoms with van der Waals surface area (Å²) in [4.78, 5) is 10.9. The number of aromatic carboxylic acids is 1. The number of carboxylic acids is 1. The Kier molecular flexibility index (Phi) is 3.48. The molecule has 0 spiro atoms. The minimum atomic E-state index is -1.11. The molecule has 0 atom stereocenters. The SMILES string of the molecule is COc1c(O)ccc(Br)c1-c1cc(C(=O)O)nn1C. The molecule has 0 unspecified atom stereocenters. The third kappa shape index (κ3) is 2.28. The van der Waals surface area contributed by atoms with E-state index in [1.54, 1.807) is 13.1 Å². The van der Waals surface area contributed by atoms with Crippen molar-refractivity contribution in [3.8, 4) is 22.8 Å². The maximum absolute atomic E-state index is 10.9. The molecule has 1 aromatic carbocycles. The van der Waals surface area contributed by atoms with Crippen molar-refractivity contribution in [1.82, 2.24) is 9.78 Å². The predicted octanol–water partition coefficient (Wildman–Crippen LogP) is 2.26. The van der Waals surface area contributed by atoms with Gasteiger partial charge in [0, 0.05) is 11.5 Å². The van der Waals surface area contributed by atoms with Crippen LogP contribution in [0.2, 0.25) is 0 Å². The number of aromatic nitrogens is 2. The summed E-state index contributed by atoms with van der Waals surface area (Å²) in [5.74, 6) is -0.884. The Balaban J connectivity index is 2.71. The summed E-state index contributed by atoms with van der Waals surface area (Å²) in [5.41, 5.74) is 0.997. The molecule has 0 aliphatic heterocycles. The van der Waals surface area contributed by atoms with Gasteiger partial charge in [0.1, 0.15) is 0 Å². The second kappa shape index (κ2) is 4.93. The van der Waals surface area contributed by atoms with Gasteiger partial charge in [-0.3, -0.25) is 4.68 Å². The van der Waals surface area contributed by atoms with Crippen LogP contribution < -0.4 is 4.74 Å². The van der Waals surface area contributed by atoms with Gasteiger partial charge in [-0.2, -0.15) is 5.10 Å². The van der Waals surface area contributed by atoms with Crippen LogP contribution in [0, 0.1) is 0 Å². The third-order valence-electron chi connectivity index (χ3n) is 2.65. The summed E-state index contributed by atoms with van der Waals surface area (Å²) in [6.45, 7) is 0. The van der Waals surface area contributed by atoms with Gasteiger partial charge >= 0.3 is 5.97 Å². The fraction of sp³-hybridized carbons (Fsp3) is 0.167. The third-order valence-corrected chi connectivity index (χ3v) is 3.31. The smallest absolute Gasteiger partial charge is 0.356 e. The van der Waals surface area contributed by atoms with Crippen LogP contribution in [0.3, 0.4) is 0 Å². The van der Waals surface area contributed by atoms with Crippen LogP contribution >= 0.6 is 15.9 Å². The first-order valence-electron chi connectivity index (χ1n) is 5.29. The summed E-state index contributed by atoms with van der Waals surface area (Å²) in [7, 11) is 3.05. The molecule has 2 N–H and O–H groups in total. The van der Waals surface area contributed by atoms with Crippen molar-refractivity contribution in [2.45, 2.75) is 0 Å². The zero-order valence-electron chi connectivity index (χ0n) is 10.2. The molecule has 1 aromatic heterocycles. The highest BCUT2D eigenvalue weighted by molar-refractivity contribution is 9.10. The predicted molar refractivity (Wildman–Crippen MR) is 71.5 cm³/mol. The van der Waals surface area contributed by atoms with Gasteiger partial charge in [0.15, 0.2) is 17.2 Å². The number of carboxylic acid groups (broad SMARTS) is 1. The first-order valence-corrected chi connectivity index (χ1v) is 6.08. The van der Waals surface area contributed by atoms with E-state index in [0.29, 0.717) is 15.7 Å². The lowest BCUT2D eigenvalue weighted by Crippen LogP contribution is -2.00. The summed E-state index contributed by atoms with van der Waals surface area (Å²) in [6, 6.07) is 4.56. The van der Waals surface area contributed by atoms with E-state index in [1.807, 2.05) is 0 Å². The van der Waals surface area contributed by atoms with Gasteiger partial charge < -0.3 is 14.9 Å². The number of rotatable bonds is 3. The summed E-state index contributed by atoms with van der Waals surface area (Å²) < 4.78 is 7.26. The molecule has 0 saturated heterocycles. The highest BCUT2D eigenvalue weighted by Crippen LogP contribution is 2.42. The fourth-order valence-electron chi connectivity index (χ4n) is 1.80. The average molecular weight is 327 g/mol. The van der Waals surface area contributed by atoms with E-state index in [1.165, 1.54) is 23.9 Å². The molecule has 19 heavy (non-hydrogen) atoms. The molecule has 0 aliphatic rings. The van der Waals surface area contributed by atoms with Gasteiger partial charge in [0.05, 0.1) is 18.4 Å². The van der Waals surface area contributed by atoms with E-state index in [-0.39, 0.29) is 17.2 Å². The van der Waals surface area contributed by atoms with Crippen LogP contribution in [0.5, 0.6) is 11.5 Å². The standard InChI is InChI=1S/C12H11BrN2O4/c1-15-8(5-7(14-15)12(17)18)10-6(13)3-4-9(16)11(10)19-2/h3-5,16H,1-2H3,(H,17,18). The molecule has 0 amide bonds. The van der Waals surface area contributed by atoms with Crippen molar-refractivity contribution in [2.24, 2.45) is 7.05 Å². The van der Waals surface area contributed by atoms with E-state index < -0.39 is 5.97 Å². The van der Waals surface area contributed by atoms with E-state index in [4.69, 9.17) is 9.84 Å². The normalized spacial score (nSPS) is 10.5. The lowest BCUT2D eigenvalue weighted by atomic mass is 10.1. The van der Waals surface area contributed by atoms with E-state index in [0.717, 1.165) is 0 Å². The molecule has 0 saturated carbocycles. The number of halogens is 1. The van der Waals surface area contributed by atoms with Crippen molar-refractivity contribution in [2.75, 3.05) is 7.11 Å². The Hall–Kier alpha value is -2.02. The number of methoxy groups -OCH3 is 1. The first-order chi connectivity index (χ1) is 8.95. The molecule has 0 bridgehead atoms. The Morgan fingerprint density at radius 3 is 2.68 bits per heavy atom. The van der Waals surface area contributed by atoms with E-state index in [9.17, 15) is 9.90 Å². The molecule has 2 aromatic rings. The number of nitrogens with zero attached hydrogens (tertiary/aromatic N) is 2. The minimum absolute atomic E-state index is 0.0289. The summed E-state index contributed by atoms with van der Waals surface area (Å²) in [5, 5.41) is 22.6. The van der Waals surface area contributed by atoms with Gasteiger partial charge in [-0.05, 0) is 34.1 Å². The molecule has 6 nitrogen and oxygen atoms in total. The molecule has 0 aliphatic carbocycles. The number of hydrogen-bond donors (Lipinski definition) is 2. The maximum Gasteiger partial charge on any atom is 0.356 e. The van der Waals surface area contributed by atoms with Gasteiger partial charge in [-0.15, -0.1) is 0 Å². The number of aryl methyl sites for hydroxylation is 1. The van der Waals surface area contributed by atoms with Gasteiger partial charge in [-0.25, -0.2) is 4.79 Å². The zero-order chi connectivity index (χ0) is 14.2. The number of ether oxygens (including phenoxy) is 1. The molecular formula is C12H11BrN2O4. The van der Waals surface area contributed by atoms with Crippen molar-refractivity contribution in [1.29, 1.82) is 0 Å². The van der Waals surface area contributed by atoms with Crippen LogP contribution in [0.4, 0.5) is 0 Å². The fourth-order valence-corrected chi connectivity index (χ4v) is 2.31.